The summed E-state index contributed by atoms with van der Waals surface area (Å²) < 4.78 is 29.4. The second-order valence-electron chi connectivity index (χ2n) is 9.41. The molecule has 1 aromatic rings. The van der Waals surface area contributed by atoms with Crippen LogP contribution in [0.1, 0.15) is 52.4 Å². The van der Waals surface area contributed by atoms with Gasteiger partial charge in [0, 0.05) is 39.3 Å². The third kappa shape index (κ3) is 7.74. The fourth-order valence-corrected chi connectivity index (χ4v) is 5.90. The summed E-state index contributed by atoms with van der Waals surface area (Å²) in [5.41, 5.74) is 1.66. The minimum absolute atomic E-state index is 0.0632. The number of nitrogens with one attached hydrogen (secondary N) is 3. The van der Waals surface area contributed by atoms with Gasteiger partial charge in [-0.25, -0.2) is 18.9 Å². The molecule has 3 atom stereocenters. The lowest BCUT2D eigenvalue weighted by atomic mass is 9.81. The van der Waals surface area contributed by atoms with Crippen LogP contribution in [0.15, 0.2) is 17.6 Å². The Bertz CT molecular complexity index is 979. The van der Waals surface area contributed by atoms with E-state index in [9.17, 15) is 28.0 Å². The van der Waals surface area contributed by atoms with Gasteiger partial charge < -0.3 is 15.2 Å². The van der Waals surface area contributed by atoms with Crippen LogP contribution in [0.2, 0.25) is 0 Å². The van der Waals surface area contributed by atoms with Gasteiger partial charge in [0.1, 0.15) is 6.04 Å². The first-order valence-electron chi connectivity index (χ1n) is 11.9. The smallest absolute Gasteiger partial charge is 0.262 e. The van der Waals surface area contributed by atoms with E-state index >= 15 is 0 Å². The summed E-state index contributed by atoms with van der Waals surface area (Å²) >= 11 is 0. The molecule has 0 aliphatic carbocycles. The van der Waals surface area contributed by atoms with Crippen molar-refractivity contribution in [3.63, 3.8) is 0 Å². The molecule has 0 bridgehead atoms. The maximum Gasteiger partial charge on any atom is 0.262 e. The molecule has 198 valence electrons. The number of aryl methyl sites for hydroxylation is 1. The van der Waals surface area contributed by atoms with Crippen LogP contribution in [-0.2, 0) is 31.5 Å². The maximum absolute atomic E-state index is 13.3. The minimum atomic E-state index is -3.87. The second-order valence-corrected chi connectivity index (χ2v) is 11.3. The van der Waals surface area contributed by atoms with Crippen LogP contribution in [0.5, 0.6) is 0 Å². The number of nitrogens with zero attached hydrogens (tertiary/aromatic N) is 3. The lowest BCUT2D eigenvalue weighted by molar-refractivity contribution is -0.142. The zero-order valence-corrected chi connectivity index (χ0v) is 21.7. The summed E-state index contributed by atoms with van der Waals surface area (Å²) in [4.78, 5) is 42.3. The van der Waals surface area contributed by atoms with Crippen molar-refractivity contribution in [2.75, 3.05) is 20.1 Å². The minimum Gasteiger partial charge on any atom is -0.357 e. The average molecular weight is 515 g/mol. The molecule has 2 unspecified atom stereocenters. The highest BCUT2D eigenvalue weighted by molar-refractivity contribution is 7.89. The van der Waals surface area contributed by atoms with Gasteiger partial charge in [-0.15, -0.1) is 0 Å². The highest BCUT2D eigenvalue weighted by Gasteiger charge is 2.36. The van der Waals surface area contributed by atoms with E-state index in [1.54, 1.807) is 17.1 Å². The van der Waals surface area contributed by atoms with Crippen molar-refractivity contribution in [1.82, 2.24) is 30.0 Å². The Morgan fingerprint density at radius 3 is 2.46 bits per heavy atom. The van der Waals surface area contributed by atoms with Crippen molar-refractivity contribution in [1.29, 1.82) is 0 Å². The lowest BCUT2D eigenvalue weighted by Gasteiger charge is -2.28. The highest BCUT2D eigenvalue weighted by Crippen LogP contribution is 2.27. The maximum atomic E-state index is 13.3. The Labute approximate surface area is 206 Å². The molecular weight excluding hydrogens is 476 g/mol. The van der Waals surface area contributed by atoms with Gasteiger partial charge in [0.05, 0.1) is 12.2 Å². The second kappa shape index (κ2) is 13.0. The summed E-state index contributed by atoms with van der Waals surface area (Å²) in [7, 11) is -0.712. The van der Waals surface area contributed by atoms with Gasteiger partial charge in [0.2, 0.25) is 17.7 Å². The van der Waals surface area contributed by atoms with E-state index in [2.05, 4.69) is 15.6 Å². The topological polar surface area (TPSA) is 163 Å². The number of carbonyl (C=O) groups excluding carboxylic acids is 3. The van der Waals surface area contributed by atoms with Crippen LogP contribution in [0, 0.1) is 17.8 Å². The molecule has 0 saturated carbocycles. The van der Waals surface area contributed by atoms with Crippen molar-refractivity contribution < 1.29 is 28.0 Å². The Kier molecular flexibility index (Phi) is 10.7. The Morgan fingerprint density at radius 1 is 1.20 bits per heavy atom. The summed E-state index contributed by atoms with van der Waals surface area (Å²) in [5, 5.41) is 14.6. The molecular formula is C22H38N6O6S. The van der Waals surface area contributed by atoms with Gasteiger partial charge in [-0.2, -0.15) is 4.31 Å². The largest absolute Gasteiger partial charge is 0.357 e. The molecule has 1 saturated heterocycles. The molecule has 0 spiro atoms. The van der Waals surface area contributed by atoms with E-state index < -0.39 is 39.7 Å². The quantitative estimate of drug-likeness (QED) is 0.315. The van der Waals surface area contributed by atoms with E-state index in [4.69, 9.17) is 0 Å². The van der Waals surface area contributed by atoms with Crippen LogP contribution in [0.3, 0.4) is 0 Å². The zero-order chi connectivity index (χ0) is 26.2. The number of likely N-dealkylation sites (N-methyl/N-ethyl adjacent to an activating group) is 1. The Morgan fingerprint density at radius 2 is 1.89 bits per heavy atom. The number of hydroxylamine groups is 1. The van der Waals surface area contributed by atoms with E-state index in [1.165, 1.54) is 23.9 Å². The van der Waals surface area contributed by atoms with Crippen molar-refractivity contribution >= 4 is 27.7 Å². The number of rotatable bonds is 6. The molecule has 1 aromatic heterocycles. The molecule has 2 rings (SSSR count). The van der Waals surface area contributed by atoms with Crippen LogP contribution in [0.4, 0.5) is 0 Å². The fraction of sp³-hybridized carbons (Fsp3) is 0.727. The van der Waals surface area contributed by atoms with Gasteiger partial charge in [-0.05, 0) is 44.4 Å². The molecule has 4 N–H and O–H groups in total. The van der Waals surface area contributed by atoms with Gasteiger partial charge in [-0.1, -0.05) is 13.8 Å². The molecule has 1 fully saturated rings. The monoisotopic (exact) mass is 514 g/mol. The van der Waals surface area contributed by atoms with Crippen molar-refractivity contribution in [2.24, 2.45) is 24.8 Å². The van der Waals surface area contributed by atoms with E-state index in [0.29, 0.717) is 32.1 Å². The summed E-state index contributed by atoms with van der Waals surface area (Å²) in [6.07, 6.45) is 4.97. The third-order valence-electron chi connectivity index (χ3n) is 6.23. The van der Waals surface area contributed by atoms with Gasteiger partial charge in [0.15, 0.2) is 5.03 Å². The number of aromatic nitrogens is 2. The SMILES string of the molecule is CNC(=O)C1CCCCN(S(=O)(=O)c2cn(C)cn2)CCC[C@H](C(=O)NO)C(CC(C)C)C(=O)N1. The molecule has 3 amide bonds. The molecule has 0 aromatic carbocycles. The first kappa shape index (κ1) is 28.7. The molecule has 12 nitrogen and oxygen atoms in total. The number of hydrogen-bond donors (Lipinski definition) is 4. The molecule has 2 heterocycles. The van der Waals surface area contributed by atoms with Crippen molar-refractivity contribution in [2.45, 2.75) is 63.4 Å². The normalized spacial score (nSPS) is 23.5. The summed E-state index contributed by atoms with van der Waals surface area (Å²) in [6.45, 7) is 4.17. The highest BCUT2D eigenvalue weighted by atomic mass is 32.2. The number of imidazole rings is 1. The number of sulfonamides is 1. The number of amides is 3. The summed E-state index contributed by atoms with van der Waals surface area (Å²) in [6, 6.07) is -0.818. The van der Waals surface area contributed by atoms with E-state index in [0.717, 1.165) is 0 Å². The van der Waals surface area contributed by atoms with E-state index in [-0.39, 0.29) is 36.4 Å². The lowest BCUT2D eigenvalue weighted by Crippen LogP contribution is -2.50. The first-order valence-corrected chi connectivity index (χ1v) is 13.4. The zero-order valence-electron chi connectivity index (χ0n) is 20.9. The standard InChI is InChI=1S/C22H38N6O6S/c1-15(2)12-17-16(21(30)26-32)8-7-11-28(35(33,34)19-13-27(4)14-24-19)10-6-5-9-18(22(31)23-3)25-20(17)29/h13-18,32H,5-12H2,1-4H3,(H,23,31)(H,25,29)(H,26,30)/t16-,17?,18?/m0/s1. The predicted molar refractivity (Wildman–Crippen MR) is 127 cm³/mol. The fourth-order valence-electron chi connectivity index (χ4n) is 4.41. The first-order chi connectivity index (χ1) is 16.5. The van der Waals surface area contributed by atoms with Crippen LogP contribution in [-0.4, -0.2) is 71.4 Å². The number of carbonyl (C=O) groups is 3. The molecule has 1 aliphatic heterocycles. The van der Waals surface area contributed by atoms with Crippen molar-refractivity contribution in [3.05, 3.63) is 12.5 Å². The third-order valence-corrected chi connectivity index (χ3v) is 8.02. The molecule has 35 heavy (non-hydrogen) atoms. The predicted octanol–water partition coefficient (Wildman–Crippen LogP) is 0.390. The van der Waals surface area contributed by atoms with Gasteiger partial charge in [-0.3, -0.25) is 19.6 Å². The van der Waals surface area contributed by atoms with Crippen LogP contribution >= 0.6 is 0 Å². The van der Waals surface area contributed by atoms with Crippen LogP contribution < -0.4 is 16.1 Å². The molecule has 1 aliphatic rings. The van der Waals surface area contributed by atoms with Gasteiger partial charge in [0.25, 0.3) is 10.0 Å². The molecule has 0 radical (unpaired) electrons. The summed E-state index contributed by atoms with van der Waals surface area (Å²) in [5.74, 6) is -3.13. The van der Waals surface area contributed by atoms with Gasteiger partial charge >= 0.3 is 0 Å². The van der Waals surface area contributed by atoms with E-state index in [1.807, 2.05) is 13.8 Å². The van der Waals surface area contributed by atoms with Crippen LogP contribution in [0.25, 0.3) is 0 Å². The molecule has 13 heteroatoms. The Hall–Kier alpha value is -2.51. The number of hydrogen-bond acceptors (Lipinski definition) is 7. The van der Waals surface area contributed by atoms with Crippen molar-refractivity contribution in [3.8, 4) is 0 Å². The Balaban J connectivity index is 2.40. The average Bonchev–Trinajstić information content (AvgIpc) is 3.26.